The van der Waals surface area contributed by atoms with Gasteiger partial charge < -0.3 is 10.6 Å². The first kappa shape index (κ1) is 12.7. The summed E-state index contributed by atoms with van der Waals surface area (Å²) < 4.78 is 0. The Labute approximate surface area is 118 Å². The molecule has 4 heteroatoms. The van der Waals surface area contributed by atoms with E-state index in [1.165, 1.54) is 5.56 Å². The highest BCUT2D eigenvalue weighted by Gasteiger charge is 2.39. The van der Waals surface area contributed by atoms with E-state index in [1.54, 1.807) is 25.5 Å². The van der Waals surface area contributed by atoms with Crippen LogP contribution in [0, 0.1) is 0 Å². The Morgan fingerprint density at radius 3 is 2.80 bits per heavy atom. The van der Waals surface area contributed by atoms with Crippen molar-refractivity contribution in [1.29, 1.82) is 0 Å². The smallest absolute Gasteiger partial charge is 0.255 e. The van der Waals surface area contributed by atoms with Crippen molar-refractivity contribution in [3.63, 3.8) is 0 Å². The lowest BCUT2D eigenvalue weighted by Gasteiger charge is -2.09. The van der Waals surface area contributed by atoms with Gasteiger partial charge in [-0.3, -0.25) is 9.78 Å². The zero-order valence-electron chi connectivity index (χ0n) is 11.3. The number of nitrogens with zero attached hydrogens (tertiary/aromatic N) is 1. The number of benzene rings is 1. The van der Waals surface area contributed by atoms with Gasteiger partial charge in [-0.1, -0.05) is 30.3 Å². The largest absolute Gasteiger partial charge is 0.387 e. The fraction of sp³-hybridized carbons (Fsp3) is 0.250. The van der Waals surface area contributed by atoms with Gasteiger partial charge >= 0.3 is 0 Å². The summed E-state index contributed by atoms with van der Waals surface area (Å²) in [5.41, 5.74) is 2.68. The van der Waals surface area contributed by atoms with E-state index >= 15 is 0 Å². The molecule has 1 fully saturated rings. The van der Waals surface area contributed by atoms with Crippen LogP contribution in [-0.2, 0) is 0 Å². The molecule has 1 saturated carbocycles. The summed E-state index contributed by atoms with van der Waals surface area (Å²) >= 11 is 0. The minimum atomic E-state index is -0.0640. The topological polar surface area (TPSA) is 54.0 Å². The van der Waals surface area contributed by atoms with Crippen LogP contribution >= 0.6 is 0 Å². The lowest BCUT2D eigenvalue weighted by Crippen LogP contribution is -2.27. The number of carbonyl (C=O) groups is 1. The maximum atomic E-state index is 12.3. The fourth-order valence-electron chi connectivity index (χ4n) is 2.46. The van der Waals surface area contributed by atoms with Crippen LogP contribution in [0.1, 0.15) is 28.3 Å². The Hall–Kier alpha value is -2.36. The number of pyridine rings is 1. The third-order valence-electron chi connectivity index (χ3n) is 3.67. The molecule has 102 valence electrons. The Balaban J connectivity index is 1.67. The average molecular weight is 267 g/mol. The van der Waals surface area contributed by atoms with Gasteiger partial charge in [-0.05, 0) is 18.1 Å². The molecule has 4 nitrogen and oxygen atoms in total. The van der Waals surface area contributed by atoms with E-state index in [2.05, 4.69) is 27.8 Å². The molecule has 1 aromatic carbocycles. The number of amides is 1. The zero-order chi connectivity index (χ0) is 13.9. The minimum absolute atomic E-state index is 0.0640. The molecule has 0 radical (unpaired) electrons. The van der Waals surface area contributed by atoms with Crippen LogP contribution in [0.2, 0.25) is 0 Å². The molecule has 1 heterocycles. The summed E-state index contributed by atoms with van der Waals surface area (Å²) in [4.78, 5) is 16.3. The van der Waals surface area contributed by atoms with E-state index in [-0.39, 0.29) is 11.9 Å². The van der Waals surface area contributed by atoms with Crippen molar-refractivity contribution < 1.29 is 4.79 Å². The molecule has 0 saturated heterocycles. The van der Waals surface area contributed by atoms with Gasteiger partial charge in [0, 0.05) is 37.1 Å². The number of anilines is 1. The van der Waals surface area contributed by atoms with E-state index in [0.29, 0.717) is 11.5 Å². The predicted octanol–water partition coefficient (Wildman–Crippen LogP) is 2.41. The van der Waals surface area contributed by atoms with Crippen LogP contribution in [0.5, 0.6) is 0 Å². The third-order valence-corrected chi connectivity index (χ3v) is 3.67. The maximum Gasteiger partial charge on any atom is 0.255 e. The molecule has 0 spiro atoms. The van der Waals surface area contributed by atoms with Crippen LogP contribution in [0.25, 0.3) is 0 Å². The fourth-order valence-corrected chi connectivity index (χ4v) is 2.46. The van der Waals surface area contributed by atoms with E-state index in [0.717, 1.165) is 12.1 Å². The summed E-state index contributed by atoms with van der Waals surface area (Å²) in [5, 5.41) is 6.09. The van der Waals surface area contributed by atoms with Crippen molar-refractivity contribution >= 4 is 11.6 Å². The first-order valence-corrected chi connectivity index (χ1v) is 6.77. The average Bonchev–Trinajstić information content (AvgIpc) is 3.27. The lowest BCUT2D eigenvalue weighted by molar-refractivity contribution is 0.0951. The standard InChI is InChI=1S/C16H17N3O/c1-17-14-7-8-18-10-13(14)16(20)19-15-9-12(15)11-5-3-2-4-6-11/h2-8,10,12,15H,9H2,1H3,(H,17,18)(H,19,20). The maximum absolute atomic E-state index is 12.3. The molecule has 1 aliphatic rings. The molecule has 1 aliphatic carbocycles. The Morgan fingerprint density at radius 1 is 1.25 bits per heavy atom. The number of aromatic nitrogens is 1. The first-order chi connectivity index (χ1) is 9.79. The summed E-state index contributed by atoms with van der Waals surface area (Å²) in [6, 6.07) is 12.3. The quantitative estimate of drug-likeness (QED) is 0.894. The summed E-state index contributed by atoms with van der Waals surface area (Å²) in [5.74, 6) is 0.376. The summed E-state index contributed by atoms with van der Waals surface area (Å²) in [7, 11) is 1.80. The molecule has 2 aromatic rings. The first-order valence-electron chi connectivity index (χ1n) is 6.77. The Bertz CT molecular complexity index is 612. The molecular formula is C16H17N3O. The molecule has 1 aromatic heterocycles. The van der Waals surface area contributed by atoms with E-state index in [1.807, 2.05) is 18.2 Å². The predicted molar refractivity (Wildman–Crippen MR) is 78.8 cm³/mol. The minimum Gasteiger partial charge on any atom is -0.387 e. The zero-order valence-corrected chi connectivity index (χ0v) is 11.3. The monoisotopic (exact) mass is 267 g/mol. The highest BCUT2D eigenvalue weighted by Crippen LogP contribution is 2.40. The summed E-state index contributed by atoms with van der Waals surface area (Å²) in [6.45, 7) is 0. The molecule has 2 N–H and O–H groups in total. The van der Waals surface area contributed by atoms with Gasteiger partial charge in [0.25, 0.3) is 5.91 Å². The molecule has 0 aliphatic heterocycles. The molecule has 3 rings (SSSR count). The Kier molecular flexibility index (Phi) is 3.37. The van der Waals surface area contributed by atoms with Crippen LogP contribution in [-0.4, -0.2) is 24.0 Å². The van der Waals surface area contributed by atoms with Gasteiger partial charge in [0.05, 0.1) is 5.56 Å². The summed E-state index contributed by atoms with van der Waals surface area (Å²) in [6.07, 6.45) is 4.28. The van der Waals surface area contributed by atoms with E-state index < -0.39 is 0 Å². The molecular weight excluding hydrogens is 250 g/mol. The van der Waals surface area contributed by atoms with Crippen LogP contribution in [0.3, 0.4) is 0 Å². The third kappa shape index (κ3) is 2.50. The van der Waals surface area contributed by atoms with Gasteiger partial charge in [0.1, 0.15) is 0 Å². The highest BCUT2D eigenvalue weighted by molar-refractivity contribution is 5.99. The second-order valence-electron chi connectivity index (χ2n) is 5.00. The highest BCUT2D eigenvalue weighted by atomic mass is 16.1. The number of rotatable bonds is 4. The Morgan fingerprint density at radius 2 is 2.05 bits per heavy atom. The van der Waals surface area contributed by atoms with Gasteiger partial charge in [-0.15, -0.1) is 0 Å². The second-order valence-corrected chi connectivity index (χ2v) is 5.00. The van der Waals surface area contributed by atoms with Crippen LogP contribution in [0.15, 0.2) is 48.8 Å². The number of carbonyl (C=O) groups excluding carboxylic acids is 1. The van der Waals surface area contributed by atoms with Crippen molar-refractivity contribution in [3.05, 3.63) is 59.9 Å². The normalized spacial score (nSPS) is 20.2. The van der Waals surface area contributed by atoms with Gasteiger partial charge in [0.15, 0.2) is 0 Å². The van der Waals surface area contributed by atoms with E-state index in [4.69, 9.17) is 0 Å². The molecule has 2 atom stereocenters. The lowest BCUT2D eigenvalue weighted by atomic mass is 10.1. The number of nitrogens with one attached hydrogen (secondary N) is 2. The SMILES string of the molecule is CNc1ccncc1C(=O)NC1CC1c1ccccc1. The van der Waals surface area contributed by atoms with E-state index in [9.17, 15) is 4.79 Å². The van der Waals surface area contributed by atoms with Crippen molar-refractivity contribution in [1.82, 2.24) is 10.3 Å². The van der Waals surface area contributed by atoms with Crippen molar-refractivity contribution in [2.75, 3.05) is 12.4 Å². The molecule has 2 unspecified atom stereocenters. The van der Waals surface area contributed by atoms with Crippen molar-refractivity contribution in [2.45, 2.75) is 18.4 Å². The van der Waals surface area contributed by atoms with Crippen molar-refractivity contribution in [2.24, 2.45) is 0 Å². The van der Waals surface area contributed by atoms with Gasteiger partial charge in [0.2, 0.25) is 0 Å². The van der Waals surface area contributed by atoms with Crippen LogP contribution in [0.4, 0.5) is 5.69 Å². The number of hydrogen-bond acceptors (Lipinski definition) is 3. The second kappa shape index (κ2) is 5.33. The van der Waals surface area contributed by atoms with Gasteiger partial charge in [-0.25, -0.2) is 0 Å². The molecule has 20 heavy (non-hydrogen) atoms. The van der Waals surface area contributed by atoms with Crippen LogP contribution < -0.4 is 10.6 Å². The molecule has 1 amide bonds. The molecule has 0 bridgehead atoms. The van der Waals surface area contributed by atoms with Gasteiger partial charge in [-0.2, -0.15) is 0 Å². The number of hydrogen-bond donors (Lipinski definition) is 2. The van der Waals surface area contributed by atoms with Crippen molar-refractivity contribution in [3.8, 4) is 0 Å².